The van der Waals surface area contributed by atoms with Crippen molar-refractivity contribution < 1.29 is 19.1 Å². The standard InChI is InChI=1S/C21H25NO4/c1-6-19(26-16-11-10-13(2)14(3)12-16)20(23)22-18-9-7-8-17(15(18)4)21(24)25-5/h7-12,19H,6H2,1-5H3,(H,22,23). The number of esters is 1. The van der Waals surface area contributed by atoms with Gasteiger partial charge in [-0.05, 0) is 68.1 Å². The Bertz CT molecular complexity index is 814. The lowest BCUT2D eigenvalue weighted by Crippen LogP contribution is -2.32. The Labute approximate surface area is 154 Å². The molecule has 1 N–H and O–H groups in total. The number of carbonyl (C=O) groups excluding carboxylic acids is 2. The van der Waals surface area contributed by atoms with Crippen molar-refractivity contribution in [2.24, 2.45) is 0 Å². The molecule has 1 amide bonds. The molecule has 0 aliphatic carbocycles. The van der Waals surface area contributed by atoms with Gasteiger partial charge in [0, 0.05) is 5.69 Å². The zero-order chi connectivity index (χ0) is 19.3. The third-order valence-electron chi connectivity index (χ3n) is 4.42. The monoisotopic (exact) mass is 355 g/mol. The van der Waals surface area contributed by atoms with E-state index in [1.54, 1.807) is 25.1 Å². The quantitative estimate of drug-likeness (QED) is 0.789. The number of aryl methyl sites for hydroxylation is 2. The molecule has 2 aromatic rings. The molecule has 1 unspecified atom stereocenters. The van der Waals surface area contributed by atoms with Crippen LogP contribution in [0.15, 0.2) is 36.4 Å². The summed E-state index contributed by atoms with van der Waals surface area (Å²) in [6.07, 6.45) is -0.104. The number of rotatable bonds is 6. The molecule has 1 atom stereocenters. The Morgan fingerprint density at radius 2 is 1.81 bits per heavy atom. The van der Waals surface area contributed by atoms with Crippen LogP contribution in [0.3, 0.4) is 0 Å². The first-order valence-corrected chi connectivity index (χ1v) is 8.60. The number of carbonyl (C=O) groups is 2. The van der Waals surface area contributed by atoms with Crippen LogP contribution in [-0.2, 0) is 9.53 Å². The van der Waals surface area contributed by atoms with E-state index in [4.69, 9.17) is 9.47 Å². The highest BCUT2D eigenvalue weighted by Crippen LogP contribution is 2.22. The van der Waals surface area contributed by atoms with E-state index in [9.17, 15) is 9.59 Å². The van der Waals surface area contributed by atoms with Crippen LogP contribution < -0.4 is 10.1 Å². The van der Waals surface area contributed by atoms with Crippen molar-refractivity contribution in [1.82, 2.24) is 0 Å². The molecule has 5 heteroatoms. The van der Waals surface area contributed by atoms with Gasteiger partial charge in [0.05, 0.1) is 12.7 Å². The number of anilines is 1. The van der Waals surface area contributed by atoms with Crippen LogP contribution in [0.2, 0.25) is 0 Å². The van der Waals surface area contributed by atoms with E-state index in [-0.39, 0.29) is 5.91 Å². The number of amides is 1. The lowest BCUT2D eigenvalue weighted by molar-refractivity contribution is -0.122. The molecule has 26 heavy (non-hydrogen) atoms. The summed E-state index contributed by atoms with van der Waals surface area (Å²) in [6, 6.07) is 10.9. The van der Waals surface area contributed by atoms with E-state index >= 15 is 0 Å². The molecule has 138 valence electrons. The number of nitrogens with one attached hydrogen (secondary N) is 1. The highest BCUT2D eigenvalue weighted by Gasteiger charge is 2.21. The summed E-state index contributed by atoms with van der Waals surface area (Å²) in [5, 5.41) is 2.86. The van der Waals surface area contributed by atoms with Crippen molar-refractivity contribution in [2.45, 2.75) is 40.2 Å². The van der Waals surface area contributed by atoms with Gasteiger partial charge in [0.1, 0.15) is 5.75 Å². The smallest absolute Gasteiger partial charge is 0.338 e. The summed E-state index contributed by atoms with van der Waals surface area (Å²) in [5.74, 6) is -0.0250. The molecule has 0 radical (unpaired) electrons. The number of methoxy groups -OCH3 is 1. The van der Waals surface area contributed by atoms with Gasteiger partial charge in [0.15, 0.2) is 6.10 Å². The van der Waals surface area contributed by atoms with Crippen molar-refractivity contribution >= 4 is 17.6 Å². The molecule has 0 aliphatic heterocycles. The Balaban J connectivity index is 2.16. The fourth-order valence-corrected chi connectivity index (χ4v) is 2.59. The average Bonchev–Trinajstić information content (AvgIpc) is 2.63. The van der Waals surface area contributed by atoms with Crippen molar-refractivity contribution in [3.8, 4) is 5.75 Å². The zero-order valence-corrected chi connectivity index (χ0v) is 15.9. The van der Waals surface area contributed by atoms with Crippen molar-refractivity contribution in [3.63, 3.8) is 0 Å². The molecule has 0 fully saturated rings. The minimum absolute atomic E-state index is 0.254. The Kier molecular flexibility index (Phi) is 6.39. The van der Waals surface area contributed by atoms with Gasteiger partial charge in [-0.15, -0.1) is 0 Å². The molecular weight excluding hydrogens is 330 g/mol. The fraction of sp³-hybridized carbons (Fsp3) is 0.333. The van der Waals surface area contributed by atoms with E-state index in [1.807, 2.05) is 39.0 Å². The largest absolute Gasteiger partial charge is 0.481 e. The molecular formula is C21H25NO4. The predicted octanol–water partition coefficient (Wildman–Crippen LogP) is 4.19. The third-order valence-corrected chi connectivity index (χ3v) is 4.42. The molecule has 0 bridgehead atoms. The number of ether oxygens (including phenoxy) is 2. The van der Waals surface area contributed by atoms with Gasteiger partial charge < -0.3 is 14.8 Å². The molecule has 0 heterocycles. The molecule has 0 aliphatic rings. The van der Waals surface area contributed by atoms with Crippen molar-refractivity contribution in [1.29, 1.82) is 0 Å². The van der Waals surface area contributed by atoms with Gasteiger partial charge in [-0.25, -0.2) is 4.79 Å². The van der Waals surface area contributed by atoms with E-state index in [1.165, 1.54) is 12.7 Å². The van der Waals surface area contributed by atoms with E-state index in [0.717, 1.165) is 5.56 Å². The molecule has 0 saturated carbocycles. The van der Waals surface area contributed by atoms with Crippen molar-refractivity contribution in [2.75, 3.05) is 12.4 Å². The molecule has 0 saturated heterocycles. The van der Waals surface area contributed by atoms with Crippen LogP contribution in [0.1, 0.15) is 40.4 Å². The van der Waals surface area contributed by atoms with E-state index in [2.05, 4.69) is 5.32 Å². The van der Waals surface area contributed by atoms with Gasteiger partial charge in [-0.3, -0.25) is 4.79 Å². The third kappa shape index (κ3) is 4.42. The van der Waals surface area contributed by atoms with Gasteiger partial charge in [0.2, 0.25) is 0 Å². The van der Waals surface area contributed by atoms with Crippen molar-refractivity contribution in [3.05, 3.63) is 58.7 Å². The topological polar surface area (TPSA) is 64.6 Å². The highest BCUT2D eigenvalue weighted by molar-refractivity contribution is 5.98. The van der Waals surface area contributed by atoms with Crippen LogP contribution in [0.4, 0.5) is 5.69 Å². The number of hydrogen-bond donors (Lipinski definition) is 1. The lowest BCUT2D eigenvalue weighted by atomic mass is 10.1. The summed E-state index contributed by atoms with van der Waals surface area (Å²) in [4.78, 5) is 24.5. The van der Waals surface area contributed by atoms with Crippen LogP contribution in [0, 0.1) is 20.8 Å². The van der Waals surface area contributed by atoms with Gasteiger partial charge in [-0.1, -0.05) is 19.1 Å². The zero-order valence-electron chi connectivity index (χ0n) is 15.9. The second-order valence-electron chi connectivity index (χ2n) is 6.22. The van der Waals surface area contributed by atoms with Crippen LogP contribution in [0.25, 0.3) is 0 Å². The van der Waals surface area contributed by atoms with Crippen LogP contribution in [0.5, 0.6) is 5.75 Å². The maximum atomic E-state index is 12.7. The molecule has 2 aromatic carbocycles. The summed E-state index contributed by atoms with van der Waals surface area (Å²) >= 11 is 0. The average molecular weight is 355 g/mol. The van der Waals surface area contributed by atoms with Gasteiger partial charge in [0.25, 0.3) is 5.91 Å². The molecule has 0 spiro atoms. The normalized spacial score (nSPS) is 11.6. The van der Waals surface area contributed by atoms with Crippen LogP contribution >= 0.6 is 0 Å². The molecule has 5 nitrogen and oxygen atoms in total. The summed E-state index contributed by atoms with van der Waals surface area (Å²) in [6.45, 7) is 7.70. The SMILES string of the molecule is CCC(Oc1ccc(C)c(C)c1)C(=O)Nc1cccc(C(=O)OC)c1C. The summed E-state index contributed by atoms with van der Waals surface area (Å²) in [5.41, 5.74) is 3.94. The number of benzene rings is 2. The first-order chi connectivity index (χ1) is 12.4. The minimum Gasteiger partial charge on any atom is -0.481 e. The predicted molar refractivity (Wildman–Crippen MR) is 102 cm³/mol. The first kappa shape index (κ1) is 19.5. The van der Waals surface area contributed by atoms with Gasteiger partial charge >= 0.3 is 5.97 Å². The van der Waals surface area contributed by atoms with E-state index < -0.39 is 12.1 Å². The summed E-state index contributed by atoms with van der Waals surface area (Å²) < 4.78 is 10.6. The lowest BCUT2D eigenvalue weighted by Gasteiger charge is -2.19. The van der Waals surface area contributed by atoms with Gasteiger partial charge in [-0.2, -0.15) is 0 Å². The highest BCUT2D eigenvalue weighted by atomic mass is 16.5. The van der Waals surface area contributed by atoms with E-state index in [0.29, 0.717) is 29.0 Å². The second kappa shape index (κ2) is 8.52. The Hall–Kier alpha value is -2.82. The Morgan fingerprint density at radius 1 is 1.08 bits per heavy atom. The summed E-state index contributed by atoms with van der Waals surface area (Å²) in [7, 11) is 1.33. The Morgan fingerprint density at radius 3 is 2.42 bits per heavy atom. The second-order valence-corrected chi connectivity index (χ2v) is 6.22. The maximum absolute atomic E-state index is 12.7. The molecule has 2 rings (SSSR count). The first-order valence-electron chi connectivity index (χ1n) is 8.60. The van der Waals surface area contributed by atoms with Crippen LogP contribution in [-0.4, -0.2) is 25.1 Å². The molecule has 0 aromatic heterocycles. The minimum atomic E-state index is -0.627. The maximum Gasteiger partial charge on any atom is 0.338 e. The fourth-order valence-electron chi connectivity index (χ4n) is 2.59. The number of hydrogen-bond acceptors (Lipinski definition) is 4.